The molecular weight excluding hydrogens is 260 g/mol. The van der Waals surface area contributed by atoms with Crippen LogP contribution in [0.4, 0.5) is 5.69 Å². The maximum absolute atomic E-state index is 12.6. The Balaban J connectivity index is 1.65. The fourth-order valence-electron chi connectivity index (χ4n) is 4.33. The summed E-state index contributed by atoms with van der Waals surface area (Å²) in [4.78, 5) is 14.5. The van der Waals surface area contributed by atoms with Crippen molar-refractivity contribution in [2.45, 2.75) is 32.6 Å². The average Bonchev–Trinajstić information content (AvgIpc) is 3.08. The second-order valence-corrected chi connectivity index (χ2v) is 6.90. The van der Waals surface area contributed by atoms with Crippen LogP contribution in [0.1, 0.15) is 41.6 Å². The Morgan fingerprint density at radius 1 is 1.33 bits per heavy atom. The van der Waals surface area contributed by atoms with Crippen LogP contribution in [-0.2, 0) is 0 Å². The van der Waals surface area contributed by atoms with Crippen molar-refractivity contribution >= 4 is 11.6 Å². The molecule has 3 rings (SSSR count). The zero-order chi connectivity index (χ0) is 15.0. The van der Waals surface area contributed by atoms with Crippen LogP contribution >= 0.6 is 0 Å². The van der Waals surface area contributed by atoms with Gasteiger partial charge in [-0.3, -0.25) is 4.79 Å². The average molecular weight is 286 g/mol. The molecule has 21 heavy (non-hydrogen) atoms. The van der Waals surface area contributed by atoms with Gasteiger partial charge >= 0.3 is 0 Å². The van der Waals surface area contributed by atoms with Crippen molar-refractivity contribution in [1.29, 1.82) is 0 Å². The predicted octanol–water partition coefficient (Wildman–Crippen LogP) is 3.54. The topological polar surface area (TPSA) is 32.3 Å². The number of hydrogen-bond donors (Lipinski definition) is 1. The van der Waals surface area contributed by atoms with E-state index in [4.69, 9.17) is 0 Å². The molecule has 1 aromatic carbocycles. The van der Waals surface area contributed by atoms with Crippen LogP contribution in [0.2, 0.25) is 0 Å². The summed E-state index contributed by atoms with van der Waals surface area (Å²) in [7, 11) is 3.86. The van der Waals surface area contributed by atoms with Crippen LogP contribution in [0.15, 0.2) is 18.2 Å². The summed E-state index contributed by atoms with van der Waals surface area (Å²) in [6.07, 6.45) is 5.54. The molecule has 0 heterocycles. The quantitative estimate of drug-likeness (QED) is 0.918. The van der Waals surface area contributed by atoms with Crippen LogP contribution in [0.3, 0.4) is 0 Å². The highest BCUT2D eigenvalue weighted by molar-refractivity contribution is 5.94. The Hall–Kier alpha value is -1.51. The maximum Gasteiger partial charge on any atom is 0.253 e. The van der Waals surface area contributed by atoms with Gasteiger partial charge in [-0.05, 0) is 67.7 Å². The number of carbonyl (C=O) groups excluding carboxylic acids is 1. The molecule has 0 aliphatic heterocycles. The largest absolute Gasteiger partial charge is 0.388 e. The number of aryl methyl sites for hydroxylation is 1. The SMILES string of the molecule is CNc1ccc(C(=O)N(C)CC2CC3CCC2C3)cc1C. The van der Waals surface area contributed by atoms with E-state index >= 15 is 0 Å². The number of carbonyl (C=O) groups is 1. The molecule has 0 aromatic heterocycles. The lowest BCUT2D eigenvalue weighted by molar-refractivity contribution is 0.0754. The molecule has 3 atom stereocenters. The zero-order valence-electron chi connectivity index (χ0n) is 13.4. The second kappa shape index (κ2) is 5.70. The molecule has 3 nitrogen and oxygen atoms in total. The Bertz CT molecular complexity index is 540. The van der Waals surface area contributed by atoms with Crippen molar-refractivity contribution in [2.75, 3.05) is 26.0 Å². The summed E-state index contributed by atoms with van der Waals surface area (Å²) in [5.41, 5.74) is 3.01. The van der Waals surface area contributed by atoms with Gasteiger partial charge in [0.05, 0.1) is 0 Å². The van der Waals surface area contributed by atoms with E-state index in [-0.39, 0.29) is 5.91 Å². The highest BCUT2D eigenvalue weighted by Crippen LogP contribution is 2.48. The summed E-state index contributed by atoms with van der Waals surface area (Å²) in [5.74, 6) is 2.71. The van der Waals surface area contributed by atoms with Gasteiger partial charge in [0.1, 0.15) is 0 Å². The van der Waals surface area contributed by atoms with E-state index in [1.807, 2.05) is 44.1 Å². The van der Waals surface area contributed by atoms with Crippen molar-refractivity contribution in [3.63, 3.8) is 0 Å². The zero-order valence-corrected chi connectivity index (χ0v) is 13.4. The van der Waals surface area contributed by atoms with Crippen LogP contribution in [0, 0.1) is 24.7 Å². The summed E-state index contributed by atoms with van der Waals surface area (Å²) < 4.78 is 0. The molecule has 2 fully saturated rings. The van der Waals surface area contributed by atoms with Crippen molar-refractivity contribution in [3.8, 4) is 0 Å². The molecule has 2 aliphatic rings. The van der Waals surface area contributed by atoms with Crippen LogP contribution in [0.25, 0.3) is 0 Å². The van der Waals surface area contributed by atoms with Crippen molar-refractivity contribution < 1.29 is 4.79 Å². The lowest BCUT2D eigenvalue weighted by Gasteiger charge is -2.27. The van der Waals surface area contributed by atoms with Crippen LogP contribution in [-0.4, -0.2) is 31.4 Å². The monoisotopic (exact) mass is 286 g/mol. The number of rotatable bonds is 4. The molecular formula is C18H26N2O. The van der Waals surface area contributed by atoms with Gasteiger partial charge in [-0.15, -0.1) is 0 Å². The van der Waals surface area contributed by atoms with E-state index in [2.05, 4.69) is 5.32 Å². The molecule has 114 valence electrons. The first-order chi connectivity index (χ1) is 10.1. The highest BCUT2D eigenvalue weighted by atomic mass is 16.2. The van der Waals surface area contributed by atoms with E-state index in [0.717, 1.165) is 41.1 Å². The second-order valence-electron chi connectivity index (χ2n) is 6.90. The normalized spacial score (nSPS) is 26.9. The fraction of sp³-hybridized carbons (Fsp3) is 0.611. The Morgan fingerprint density at radius 2 is 2.14 bits per heavy atom. The van der Waals surface area contributed by atoms with Gasteiger partial charge in [0.15, 0.2) is 0 Å². The number of nitrogens with one attached hydrogen (secondary N) is 1. The fourth-order valence-corrected chi connectivity index (χ4v) is 4.33. The third-order valence-electron chi connectivity index (χ3n) is 5.48. The molecule has 2 saturated carbocycles. The third kappa shape index (κ3) is 2.78. The van der Waals surface area contributed by atoms with Gasteiger partial charge in [0, 0.05) is 31.9 Å². The lowest BCUT2D eigenvalue weighted by Crippen LogP contribution is -2.33. The summed E-state index contributed by atoms with van der Waals surface area (Å²) in [6, 6.07) is 5.91. The van der Waals surface area contributed by atoms with Gasteiger partial charge in [-0.2, -0.15) is 0 Å². The van der Waals surface area contributed by atoms with Gasteiger partial charge in [0.2, 0.25) is 0 Å². The van der Waals surface area contributed by atoms with E-state index in [9.17, 15) is 4.79 Å². The highest BCUT2D eigenvalue weighted by Gasteiger charge is 2.40. The smallest absolute Gasteiger partial charge is 0.253 e. The van der Waals surface area contributed by atoms with Crippen LogP contribution in [0.5, 0.6) is 0 Å². The first-order valence-electron chi connectivity index (χ1n) is 8.12. The van der Waals surface area contributed by atoms with Crippen molar-refractivity contribution in [3.05, 3.63) is 29.3 Å². The van der Waals surface area contributed by atoms with Crippen molar-refractivity contribution in [2.24, 2.45) is 17.8 Å². The van der Waals surface area contributed by atoms with E-state index in [1.54, 1.807) is 0 Å². The van der Waals surface area contributed by atoms with Gasteiger partial charge in [-0.1, -0.05) is 6.42 Å². The summed E-state index contributed by atoms with van der Waals surface area (Å²) in [6.45, 7) is 2.96. The molecule has 2 bridgehead atoms. The minimum atomic E-state index is 0.156. The summed E-state index contributed by atoms with van der Waals surface area (Å²) in [5, 5.41) is 3.14. The molecule has 3 heteroatoms. The van der Waals surface area contributed by atoms with Gasteiger partial charge < -0.3 is 10.2 Å². The molecule has 0 radical (unpaired) electrons. The standard InChI is InChI=1S/C18H26N2O/c1-12-8-15(6-7-17(12)19-2)18(21)20(3)11-16-10-13-4-5-14(16)9-13/h6-8,13-14,16,19H,4-5,9-11H2,1-3H3. The number of hydrogen-bond acceptors (Lipinski definition) is 2. The molecule has 1 aromatic rings. The Morgan fingerprint density at radius 3 is 2.71 bits per heavy atom. The van der Waals surface area contributed by atoms with Crippen molar-refractivity contribution in [1.82, 2.24) is 4.90 Å². The lowest BCUT2D eigenvalue weighted by atomic mass is 9.88. The minimum absolute atomic E-state index is 0.156. The molecule has 1 N–H and O–H groups in total. The number of fused-ring (bicyclic) bond motifs is 2. The molecule has 0 spiro atoms. The molecule has 0 saturated heterocycles. The number of amides is 1. The van der Waals surface area contributed by atoms with E-state index in [0.29, 0.717) is 0 Å². The number of nitrogens with zero attached hydrogens (tertiary/aromatic N) is 1. The first-order valence-corrected chi connectivity index (χ1v) is 8.12. The summed E-state index contributed by atoms with van der Waals surface area (Å²) >= 11 is 0. The minimum Gasteiger partial charge on any atom is -0.388 e. The first kappa shape index (κ1) is 14.4. The maximum atomic E-state index is 12.6. The van der Waals surface area contributed by atoms with Gasteiger partial charge in [-0.25, -0.2) is 0 Å². The predicted molar refractivity (Wildman–Crippen MR) is 86.6 cm³/mol. The Labute approximate surface area is 127 Å². The van der Waals surface area contributed by atoms with Gasteiger partial charge in [0.25, 0.3) is 5.91 Å². The number of anilines is 1. The molecule has 2 aliphatic carbocycles. The number of benzene rings is 1. The third-order valence-corrected chi connectivity index (χ3v) is 5.48. The van der Waals surface area contributed by atoms with Crippen LogP contribution < -0.4 is 5.32 Å². The van der Waals surface area contributed by atoms with E-state index in [1.165, 1.54) is 25.7 Å². The Kier molecular flexibility index (Phi) is 3.92. The molecule has 1 amide bonds. The van der Waals surface area contributed by atoms with E-state index < -0.39 is 0 Å². The molecule has 3 unspecified atom stereocenters.